The summed E-state index contributed by atoms with van der Waals surface area (Å²) in [6, 6.07) is 10.1. The Balaban J connectivity index is 1.35. The van der Waals surface area contributed by atoms with Gasteiger partial charge in [0.2, 0.25) is 10.0 Å². The molecule has 1 fully saturated rings. The Bertz CT molecular complexity index is 1120. The van der Waals surface area contributed by atoms with Crippen LogP contribution in [0.2, 0.25) is 0 Å². The minimum absolute atomic E-state index is 0.0142. The lowest BCUT2D eigenvalue weighted by Crippen LogP contribution is -2.35. The number of thiophene rings is 1. The molecule has 1 atom stereocenters. The van der Waals surface area contributed by atoms with Gasteiger partial charge in [-0.2, -0.15) is 4.31 Å². The van der Waals surface area contributed by atoms with E-state index < -0.39 is 22.1 Å². The maximum atomic E-state index is 12.7. The predicted octanol–water partition coefficient (Wildman–Crippen LogP) is 3.82. The van der Waals surface area contributed by atoms with Gasteiger partial charge in [0.25, 0.3) is 11.8 Å². The summed E-state index contributed by atoms with van der Waals surface area (Å²) in [6.07, 6.45) is 2.16. The van der Waals surface area contributed by atoms with Crippen LogP contribution in [-0.2, 0) is 26.0 Å². The Labute approximate surface area is 184 Å². The molecule has 4 rings (SSSR count). The van der Waals surface area contributed by atoms with Crippen molar-refractivity contribution < 1.29 is 22.4 Å². The van der Waals surface area contributed by atoms with Gasteiger partial charge in [0.1, 0.15) is 0 Å². The molecule has 3 heterocycles. The van der Waals surface area contributed by atoms with Gasteiger partial charge in [0, 0.05) is 13.1 Å². The molecule has 31 heavy (non-hydrogen) atoms. The molecule has 2 aromatic heterocycles. The van der Waals surface area contributed by atoms with E-state index >= 15 is 0 Å². The minimum atomic E-state index is -3.49. The van der Waals surface area contributed by atoms with Crippen molar-refractivity contribution in [3.8, 4) is 10.8 Å². The number of aromatic nitrogens is 2. The smallest absolute Gasteiger partial charge is 0.311 e. The van der Waals surface area contributed by atoms with E-state index in [0.717, 1.165) is 24.1 Å². The highest BCUT2D eigenvalue weighted by Crippen LogP contribution is 2.26. The first-order valence-electron chi connectivity index (χ1n) is 10.1. The highest BCUT2D eigenvalue weighted by Gasteiger charge is 2.26. The van der Waals surface area contributed by atoms with Gasteiger partial charge < -0.3 is 9.15 Å². The van der Waals surface area contributed by atoms with Crippen LogP contribution < -0.4 is 0 Å². The standard InChI is InChI=1S/C21H23N3O5S2/c1-15(20-22-23-21(29-20)18-6-5-13-30-18)28-19(25)14-16-7-9-17(10-8-16)31(26,27)24-11-3-2-4-12-24/h5-10,13,15H,2-4,11-12,14H2,1H3. The Kier molecular flexibility index (Phi) is 6.49. The molecule has 164 valence electrons. The molecule has 1 aliphatic heterocycles. The summed E-state index contributed by atoms with van der Waals surface area (Å²) < 4.78 is 38.0. The van der Waals surface area contributed by atoms with Crippen molar-refractivity contribution in [3.63, 3.8) is 0 Å². The summed E-state index contributed by atoms with van der Waals surface area (Å²) in [5, 5.41) is 9.85. The maximum absolute atomic E-state index is 12.7. The number of rotatable bonds is 7. The van der Waals surface area contributed by atoms with E-state index in [2.05, 4.69) is 10.2 Å². The monoisotopic (exact) mass is 461 g/mol. The first-order chi connectivity index (χ1) is 14.9. The van der Waals surface area contributed by atoms with E-state index in [1.807, 2.05) is 17.5 Å². The van der Waals surface area contributed by atoms with Crippen LogP contribution in [0.4, 0.5) is 0 Å². The first kappa shape index (κ1) is 21.7. The second kappa shape index (κ2) is 9.29. The molecule has 0 N–H and O–H groups in total. The van der Waals surface area contributed by atoms with Crippen LogP contribution in [0.15, 0.2) is 51.1 Å². The number of esters is 1. The third-order valence-electron chi connectivity index (χ3n) is 5.05. The summed E-state index contributed by atoms with van der Waals surface area (Å²) in [4.78, 5) is 13.4. The van der Waals surface area contributed by atoms with Crippen LogP contribution in [0.25, 0.3) is 10.8 Å². The molecule has 1 saturated heterocycles. The number of hydrogen-bond acceptors (Lipinski definition) is 8. The van der Waals surface area contributed by atoms with E-state index in [-0.39, 0.29) is 17.2 Å². The number of carbonyl (C=O) groups excluding carboxylic acids is 1. The normalized spacial score (nSPS) is 16.2. The van der Waals surface area contributed by atoms with Crippen LogP contribution >= 0.6 is 11.3 Å². The van der Waals surface area contributed by atoms with Crippen molar-refractivity contribution in [1.82, 2.24) is 14.5 Å². The van der Waals surface area contributed by atoms with Crippen molar-refractivity contribution in [2.75, 3.05) is 13.1 Å². The summed E-state index contributed by atoms with van der Waals surface area (Å²) >= 11 is 1.48. The fourth-order valence-corrected chi connectivity index (χ4v) is 5.55. The lowest BCUT2D eigenvalue weighted by Gasteiger charge is -2.25. The molecule has 1 aliphatic rings. The van der Waals surface area contributed by atoms with Crippen LogP contribution in [0.1, 0.15) is 43.7 Å². The molecule has 8 nitrogen and oxygen atoms in total. The van der Waals surface area contributed by atoms with E-state index in [4.69, 9.17) is 9.15 Å². The number of piperidine rings is 1. The van der Waals surface area contributed by atoms with Gasteiger partial charge in [-0.25, -0.2) is 8.42 Å². The topological polar surface area (TPSA) is 103 Å². The van der Waals surface area contributed by atoms with Crippen LogP contribution in [-0.4, -0.2) is 42.0 Å². The van der Waals surface area contributed by atoms with E-state index in [1.165, 1.54) is 15.6 Å². The lowest BCUT2D eigenvalue weighted by atomic mass is 10.1. The Hall–Kier alpha value is -2.56. The Morgan fingerprint density at radius 1 is 1.16 bits per heavy atom. The molecule has 0 amide bonds. The third-order valence-corrected chi connectivity index (χ3v) is 7.82. The second-order valence-corrected chi connectivity index (χ2v) is 10.2. The van der Waals surface area contributed by atoms with Crippen molar-refractivity contribution in [2.45, 2.75) is 43.6 Å². The highest BCUT2D eigenvalue weighted by atomic mass is 32.2. The molecule has 0 aliphatic carbocycles. The van der Waals surface area contributed by atoms with Crippen molar-refractivity contribution in [3.05, 3.63) is 53.2 Å². The summed E-state index contributed by atoms with van der Waals surface area (Å²) in [5.74, 6) is 0.146. The number of benzene rings is 1. The molecule has 0 spiro atoms. The number of ether oxygens (including phenoxy) is 1. The lowest BCUT2D eigenvalue weighted by molar-refractivity contribution is -0.148. The van der Waals surface area contributed by atoms with Gasteiger partial charge in [0.15, 0.2) is 6.10 Å². The quantitative estimate of drug-likeness (QED) is 0.493. The molecule has 0 radical (unpaired) electrons. The fourth-order valence-electron chi connectivity index (χ4n) is 3.39. The van der Waals surface area contributed by atoms with E-state index in [9.17, 15) is 13.2 Å². The zero-order valence-corrected chi connectivity index (χ0v) is 18.7. The summed E-state index contributed by atoms with van der Waals surface area (Å²) in [5.41, 5.74) is 0.666. The van der Waals surface area contributed by atoms with Gasteiger partial charge in [0.05, 0.1) is 16.2 Å². The maximum Gasteiger partial charge on any atom is 0.311 e. The van der Waals surface area contributed by atoms with Crippen molar-refractivity contribution >= 4 is 27.3 Å². The number of nitrogens with zero attached hydrogens (tertiary/aromatic N) is 3. The van der Waals surface area contributed by atoms with Gasteiger partial charge in [-0.1, -0.05) is 24.6 Å². The average Bonchev–Trinajstić information content (AvgIpc) is 3.47. The van der Waals surface area contributed by atoms with Crippen LogP contribution in [0, 0.1) is 0 Å². The van der Waals surface area contributed by atoms with Crippen LogP contribution in [0.5, 0.6) is 0 Å². The molecule has 0 saturated carbocycles. The molecule has 3 aromatic rings. The molecule has 1 aromatic carbocycles. The van der Waals surface area contributed by atoms with E-state index in [0.29, 0.717) is 24.5 Å². The second-order valence-electron chi connectivity index (χ2n) is 7.34. The van der Waals surface area contributed by atoms with E-state index in [1.54, 1.807) is 31.2 Å². The van der Waals surface area contributed by atoms with Crippen molar-refractivity contribution in [1.29, 1.82) is 0 Å². The summed E-state index contributed by atoms with van der Waals surface area (Å²) in [7, 11) is -3.49. The zero-order chi connectivity index (χ0) is 21.8. The predicted molar refractivity (Wildman–Crippen MR) is 115 cm³/mol. The molecule has 1 unspecified atom stereocenters. The SMILES string of the molecule is CC(OC(=O)Cc1ccc(S(=O)(=O)N2CCCCC2)cc1)c1nnc(-c2cccs2)o1. The Morgan fingerprint density at radius 2 is 1.90 bits per heavy atom. The van der Waals surface area contributed by atoms with Gasteiger partial charge in [-0.05, 0) is 48.9 Å². The number of sulfonamides is 1. The average molecular weight is 462 g/mol. The minimum Gasteiger partial charge on any atom is -0.452 e. The summed E-state index contributed by atoms with van der Waals surface area (Å²) in [6.45, 7) is 2.77. The van der Waals surface area contributed by atoms with Gasteiger partial charge >= 0.3 is 5.97 Å². The Morgan fingerprint density at radius 3 is 2.58 bits per heavy atom. The van der Waals surface area contributed by atoms with Gasteiger partial charge in [-0.15, -0.1) is 21.5 Å². The number of hydrogen-bond donors (Lipinski definition) is 0. The van der Waals surface area contributed by atoms with Gasteiger partial charge in [-0.3, -0.25) is 4.79 Å². The third kappa shape index (κ3) is 5.03. The molecular weight excluding hydrogens is 438 g/mol. The highest BCUT2D eigenvalue weighted by molar-refractivity contribution is 7.89. The molecular formula is C21H23N3O5S2. The molecule has 10 heteroatoms. The van der Waals surface area contributed by atoms with Crippen LogP contribution in [0.3, 0.4) is 0 Å². The molecule has 0 bridgehead atoms. The fraction of sp³-hybridized carbons (Fsp3) is 0.381. The number of carbonyl (C=O) groups is 1. The zero-order valence-electron chi connectivity index (χ0n) is 17.1. The largest absolute Gasteiger partial charge is 0.452 e. The first-order valence-corrected chi connectivity index (χ1v) is 12.4. The van der Waals surface area contributed by atoms with Crippen molar-refractivity contribution in [2.24, 2.45) is 0 Å².